The first-order valence-electron chi connectivity index (χ1n) is 8.61. The Balaban J connectivity index is 1.35. The van der Waals surface area contributed by atoms with Crippen molar-refractivity contribution in [1.29, 1.82) is 0 Å². The molecule has 0 N–H and O–H groups in total. The van der Waals surface area contributed by atoms with E-state index in [1.165, 1.54) is 12.8 Å². The van der Waals surface area contributed by atoms with E-state index in [-0.39, 0.29) is 5.91 Å². The van der Waals surface area contributed by atoms with Gasteiger partial charge >= 0.3 is 0 Å². The molecule has 1 saturated heterocycles. The molecule has 2 fully saturated rings. The molecule has 1 saturated carbocycles. The SMILES string of the molecule is O=C(CSCC1CC1)N1CCN(c2ncnc3ccccc23)CC1. The van der Waals surface area contributed by atoms with Crippen LogP contribution >= 0.6 is 11.8 Å². The summed E-state index contributed by atoms with van der Waals surface area (Å²) in [6, 6.07) is 8.09. The van der Waals surface area contributed by atoms with Crippen LogP contribution in [0.1, 0.15) is 12.8 Å². The number of piperazine rings is 1. The number of anilines is 1. The number of para-hydroxylation sites is 1. The molecule has 0 radical (unpaired) electrons. The molecule has 126 valence electrons. The average molecular weight is 342 g/mol. The number of carbonyl (C=O) groups excluding carboxylic acids is 1. The van der Waals surface area contributed by atoms with E-state index in [0.29, 0.717) is 5.75 Å². The molecule has 1 aromatic carbocycles. The Morgan fingerprint density at radius 2 is 1.92 bits per heavy atom. The summed E-state index contributed by atoms with van der Waals surface area (Å²) in [5.41, 5.74) is 0.970. The van der Waals surface area contributed by atoms with Gasteiger partial charge in [-0.05, 0) is 36.6 Å². The third-order valence-corrected chi connectivity index (χ3v) is 5.89. The molecule has 4 rings (SSSR count). The van der Waals surface area contributed by atoms with Crippen LogP contribution in [0.3, 0.4) is 0 Å². The minimum atomic E-state index is 0.285. The summed E-state index contributed by atoms with van der Waals surface area (Å²) in [5, 5.41) is 1.08. The maximum atomic E-state index is 12.3. The van der Waals surface area contributed by atoms with E-state index in [4.69, 9.17) is 0 Å². The Morgan fingerprint density at radius 3 is 2.71 bits per heavy atom. The van der Waals surface area contributed by atoms with Crippen LogP contribution in [0, 0.1) is 5.92 Å². The van der Waals surface area contributed by atoms with Gasteiger partial charge in [0, 0.05) is 31.6 Å². The molecule has 2 aliphatic rings. The summed E-state index contributed by atoms with van der Waals surface area (Å²) in [4.78, 5) is 25.4. The number of aromatic nitrogens is 2. The van der Waals surface area contributed by atoms with Crippen LogP contribution in [-0.2, 0) is 4.79 Å². The lowest BCUT2D eigenvalue weighted by molar-refractivity contribution is -0.128. The van der Waals surface area contributed by atoms with Crippen molar-refractivity contribution < 1.29 is 4.79 Å². The number of amides is 1. The molecule has 6 heteroatoms. The van der Waals surface area contributed by atoms with E-state index in [2.05, 4.69) is 20.9 Å². The van der Waals surface area contributed by atoms with Crippen molar-refractivity contribution in [1.82, 2.24) is 14.9 Å². The van der Waals surface area contributed by atoms with Crippen LogP contribution in [0.25, 0.3) is 10.9 Å². The van der Waals surface area contributed by atoms with Crippen molar-refractivity contribution >= 4 is 34.4 Å². The topological polar surface area (TPSA) is 49.3 Å². The predicted molar refractivity (Wildman–Crippen MR) is 98.4 cm³/mol. The predicted octanol–water partition coefficient (Wildman–Crippen LogP) is 2.42. The van der Waals surface area contributed by atoms with Crippen LogP contribution in [0.4, 0.5) is 5.82 Å². The first-order chi connectivity index (χ1) is 11.8. The Hall–Kier alpha value is -1.82. The van der Waals surface area contributed by atoms with Gasteiger partial charge in [0.2, 0.25) is 5.91 Å². The summed E-state index contributed by atoms with van der Waals surface area (Å²) in [6.45, 7) is 3.22. The van der Waals surface area contributed by atoms with E-state index in [1.54, 1.807) is 18.1 Å². The van der Waals surface area contributed by atoms with Crippen molar-refractivity contribution in [3.63, 3.8) is 0 Å². The quantitative estimate of drug-likeness (QED) is 0.835. The molecular weight excluding hydrogens is 320 g/mol. The molecule has 1 aromatic heterocycles. The highest BCUT2D eigenvalue weighted by Gasteiger charge is 2.25. The van der Waals surface area contributed by atoms with E-state index in [0.717, 1.165) is 54.6 Å². The number of hydrogen-bond acceptors (Lipinski definition) is 5. The summed E-state index contributed by atoms with van der Waals surface area (Å²) >= 11 is 1.80. The first-order valence-corrected chi connectivity index (χ1v) is 9.77. The largest absolute Gasteiger partial charge is 0.352 e. The van der Waals surface area contributed by atoms with Gasteiger partial charge in [0.25, 0.3) is 0 Å². The second kappa shape index (κ2) is 6.97. The minimum Gasteiger partial charge on any atom is -0.352 e. The van der Waals surface area contributed by atoms with Gasteiger partial charge in [-0.15, -0.1) is 0 Å². The van der Waals surface area contributed by atoms with E-state index in [9.17, 15) is 4.79 Å². The van der Waals surface area contributed by atoms with Crippen molar-refractivity contribution in [2.24, 2.45) is 5.92 Å². The molecule has 5 nitrogen and oxygen atoms in total. The molecule has 2 heterocycles. The number of carbonyl (C=O) groups is 1. The molecule has 0 atom stereocenters. The molecule has 0 bridgehead atoms. The monoisotopic (exact) mass is 342 g/mol. The van der Waals surface area contributed by atoms with Gasteiger partial charge in [-0.1, -0.05) is 12.1 Å². The van der Waals surface area contributed by atoms with Crippen molar-refractivity contribution in [3.8, 4) is 0 Å². The lowest BCUT2D eigenvalue weighted by atomic mass is 10.2. The Labute approximate surface area is 146 Å². The van der Waals surface area contributed by atoms with Gasteiger partial charge in [0.1, 0.15) is 12.1 Å². The van der Waals surface area contributed by atoms with Gasteiger partial charge in [0.05, 0.1) is 11.3 Å². The van der Waals surface area contributed by atoms with Crippen LogP contribution in [-0.4, -0.2) is 58.5 Å². The van der Waals surface area contributed by atoms with Crippen molar-refractivity contribution in [2.45, 2.75) is 12.8 Å². The number of rotatable bonds is 5. The van der Waals surface area contributed by atoms with Gasteiger partial charge in [0.15, 0.2) is 0 Å². The lowest BCUT2D eigenvalue weighted by Gasteiger charge is -2.35. The summed E-state index contributed by atoms with van der Waals surface area (Å²) in [6.07, 6.45) is 4.34. The molecule has 0 unspecified atom stereocenters. The van der Waals surface area contributed by atoms with Gasteiger partial charge in [-0.2, -0.15) is 11.8 Å². The molecule has 1 aliphatic carbocycles. The minimum absolute atomic E-state index is 0.285. The number of nitrogens with zero attached hydrogens (tertiary/aromatic N) is 4. The smallest absolute Gasteiger partial charge is 0.232 e. The Morgan fingerprint density at radius 1 is 1.12 bits per heavy atom. The highest BCUT2D eigenvalue weighted by atomic mass is 32.2. The van der Waals surface area contributed by atoms with Crippen molar-refractivity contribution in [2.75, 3.05) is 42.6 Å². The zero-order valence-corrected chi connectivity index (χ0v) is 14.5. The second-order valence-corrected chi connectivity index (χ2v) is 7.57. The molecule has 1 amide bonds. The van der Waals surface area contributed by atoms with Crippen molar-refractivity contribution in [3.05, 3.63) is 30.6 Å². The average Bonchev–Trinajstić information content (AvgIpc) is 3.46. The zero-order valence-electron chi connectivity index (χ0n) is 13.7. The summed E-state index contributed by atoms with van der Waals surface area (Å²) in [5.74, 6) is 3.93. The summed E-state index contributed by atoms with van der Waals surface area (Å²) in [7, 11) is 0. The maximum Gasteiger partial charge on any atom is 0.232 e. The molecule has 0 spiro atoms. The Kier molecular flexibility index (Phi) is 4.56. The fraction of sp³-hybridized carbons (Fsp3) is 0.500. The number of benzene rings is 1. The van der Waals surface area contributed by atoms with Gasteiger partial charge in [-0.3, -0.25) is 4.79 Å². The second-order valence-electron chi connectivity index (χ2n) is 6.54. The Bertz CT molecular complexity index is 721. The van der Waals surface area contributed by atoms with E-state index < -0.39 is 0 Å². The van der Waals surface area contributed by atoms with Crippen LogP contribution < -0.4 is 4.90 Å². The number of hydrogen-bond donors (Lipinski definition) is 0. The fourth-order valence-corrected chi connectivity index (χ4v) is 4.24. The van der Waals surface area contributed by atoms with Crippen LogP contribution in [0.15, 0.2) is 30.6 Å². The maximum absolute atomic E-state index is 12.3. The third kappa shape index (κ3) is 3.48. The molecule has 24 heavy (non-hydrogen) atoms. The first kappa shape index (κ1) is 15.7. The highest BCUT2D eigenvalue weighted by molar-refractivity contribution is 7.99. The molecular formula is C18H22N4OS. The highest BCUT2D eigenvalue weighted by Crippen LogP contribution is 2.32. The molecule has 1 aliphatic heterocycles. The zero-order chi connectivity index (χ0) is 16.4. The fourth-order valence-electron chi connectivity index (χ4n) is 3.10. The number of fused-ring (bicyclic) bond motifs is 1. The normalized spacial score (nSPS) is 18.2. The third-order valence-electron chi connectivity index (χ3n) is 4.73. The van der Waals surface area contributed by atoms with Crippen LogP contribution in [0.5, 0.6) is 0 Å². The summed E-state index contributed by atoms with van der Waals surface area (Å²) < 4.78 is 0. The number of thioether (sulfide) groups is 1. The van der Waals surface area contributed by atoms with E-state index >= 15 is 0 Å². The standard InChI is InChI=1S/C18H22N4OS/c23-17(12-24-11-14-5-6-14)21-7-9-22(10-8-21)18-15-3-1-2-4-16(15)19-13-20-18/h1-4,13-14H,5-12H2. The van der Waals surface area contributed by atoms with Gasteiger partial charge < -0.3 is 9.80 Å². The lowest BCUT2D eigenvalue weighted by Crippen LogP contribution is -2.49. The molecule has 2 aromatic rings. The van der Waals surface area contributed by atoms with Gasteiger partial charge in [-0.25, -0.2) is 9.97 Å². The van der Waals surface area contributed by atoms with Crippen LogP contribution in [0.2, 0.25) is 0 Å². The van der Waals surface area contributed by atoms with E-state index in [1.807, 2.05) is 23.1 Å².